The molecule has 0 bridgehead atoms. The zero-order valence-electron chi connectivity index (χ0n) is 12.8. The molecule has 0 amide bonds. The van der Waals surface area contributed by atoms with Crippen molar-refractivity contribution in [3.05, 3.63) is 36.0 Å². The quantitative estimate of drug-likeness (QED) is 0.848. The van der Waals surface area contributed by atoms with Crippen molar-refractivity contribution in [2.24, 2.45) is 0 Å². The van der Waals surface area contributed by atoms with Crippen molar-refractivity contribution in [1.82, 2.24) is 10.3 Å². The van der Waals surface area contributed by atoms with Crippen LogP contribution in [0.2, 0.25) is 0 Å². The SMILES string of the molecule is CNCc1cc2ccccc2c(N(CCOC)C2CC2)n1. The van der Waals surface area contributed by atoms with E-state index in [1.165, 1.54) is 23.6 Å². The van der Waals surface area contributed by atoms with E-state index in [0.717, 1.165) is 31.2 Å². The molecule has 1 saturated carbocycles. The molecule has 1 fully saturated rings. The summed E-state index contributed by atoms with van der Waals surface area (Å²) >= 11 is 0. The molecule has 21 heavy (non-hydrogen) atoms. The van der Waals surface area contributed by atoms with Gasteiger partial charge in [-0.25, -0.2) is 4.98 Å². The van der Waals surface area contributed by atoms with Gasteiger partial charge in [-0.1, -0.05) is 24.3 Å². The Labute approximate surface area is 126 Å². The molecule has 1 aromatic heterocycles. The summed E-state index contributed by atoms with van der Waals surface area (Å²) in [4.78, 5) is 7.33. The van der Waals surface area contributed by atoms with Gasteiger partial charge in [0.15, 0.2) is 0 Å². The Kier molecular flexibility index (Phi) is 4.36. The predicted molar refractivity (Wildman–Crippen MR) is 86.8 cm³/mol. The van der Waals surface area contributed by atoms with Gasteiger partial charge >= 0.3 is 0 Å². The van der Waals surface area contributed by atoms with Crippen molar-refractivity contribution in [3.63, 3.8) is 0 Å². The minimum atomic E-state index is 0.626. The minimum Gasteiger partial charge on any atom is -0.383 e. The summed E-state index contributed by atoms with van der Waals surface area (Å²) in [5, 5.41) is 5.69. The van der Waals surface area contributed by atoms with Crippen LogP contribution in [0.3, 0.4) is 0 Å². The average molecular weight is 285 g/mol. The molecule has 1 N–H and O–H groups in total. The predicted octanol–water partition coefficient (Wildman–Crippen LogP) is 2.57. The summed E-state index contributed by atoms with van der Waals surface area (Å²) in [5.74, 6) is 1.11. The molecule has 0 radical (unpaired) electrons. The molecule has 1 aliphatic carbocycles. The Morgan fingerprint density at radius 3 is 2.86 bits per heavy atom. The second-order valence-corrected chi connectivity index (χ2v) is 5.61. The zero-order chi connectivity index (χ0) is 14.7. The largest absolute Gasteiger partial charge is 0.383 e. The lowest BCUT2D eigenvalue weighted by molar-refractivity contribution is 0.205. The van der Waals surface area contributed by atoms with Crippen molar-refractivity contribution < 1.29 is 4.74 Å². The summed E-state index contributed by atoms with van der Waals surface area (Å²) in [5.41, 5.74) is 1.09. The van der Waals surface area contributed by atoms with Gasteiger partial charge in [0.25, 0.3) is 0 Å². The Balaban J connectivity index is 2.04. The van der Waals surface area contributed by atoms with Gasteiger partial charge in [-0.15, -0.1) is 0 Å². The number of ether oxygens (including phenoxy) is 1. The molecule has 1 aromatic carbocycles. The molecule has 3 rings (SSSR count). The first-order chi connectivity index (χ1) is 10.3. The van der Waals surface area contributed by atoms with Crippen molar-refractivity contribution in [1.29, 1.82) is 0 Å². The van der Waals surface area contributed by atoms with Crippen LogP contribution in [0.5, 0.6) is 0 Å². The lowest BCUT2D eigenvalue weighted by Gasteiger charge is -2.25. The smallest absolute Gasteiger partial charge is 0.137 e. The molecule has 112 valence electrons. The molecular formula is C17H23N3O. The van der Waals surface area contributed by atoms with Crippen molar-refractivity contribution in [2.75, 3.05) is 32.2 Å². The number of nitrogens with zero attached hydrogens (tertiary/aromatic N) is 2. The van der Waals surface area contributed by atoms with Crippen LogP contribution in [-0.4, -0.2) is 38.3 Å². The Morgan fingerprint density at radius 1 is 1.33 bits per heavy atom. The molecule has 2 aromatic rings. The van der Waals surface area contributed by atoms with Gasteiger partial charge in [0, 0.05) is 31.6 Å². The second kappa shape index (κ2) is 6.41. The first-order valence-electron chi connectivity index (χ1n) is 7.62. The molecule has 4 nitrogen and oxygen atoms in total. The van der Waals surface area contributed by atoms with Crippen molar-refractivity contribution in [3.8, 4) is 0 Å². The third-order valence-electron chi connectivity index (χ3n) is 3.93. The highest BCUT2D eigenvalue weighted by atomic mass is 16.5. The minimum absolute atomic E-state index is 0.626. The zero-order valence-corrected chi connectivity index (χ0v) is 12.8. The molecule has 0 saturated heterocycles. The molecule has 0 aliphatic heterocycles. The first kappa shape index (κ1) is 14.3. The maximum absolute atomic E-state index is 5.28. The number of benzene rings is 1. The number of pyridine rings is 1. The second-order valence-electron chi connectivity index (χ2n) is 5.61. The van der Waals surface area contributed by atoms with E-state index < -0.39 is 0 Å². The number of fused-ring (bicyclic) bond motifs is 1. The van der Waals surface area contributed by atoms with Gasteiger partial charge in [-0.05, 0) is 31.3 Å². The van der Waals surface area contributed by atoms with E-state index in [0.29, 0.717) is 6.04 Å². The van der Waals surface area contributed by atoms with Crippen LogP contribution in [0.4, 0.5) is 5.82 Å². The maximum atomic E-state index is 5.28. The van der Waals surface area contributed by atoms with Gasteiger partial charge in [-0.2, -0.15) is 0 Å². The van der Waals surface area contributed by atoms with Crippen molar-refractivity contribution >= 4 is 16.6 Å². The Hall–Kier alpha value is -1.65. The van der Waals surface area contributed by atoms with Gasteiger partial charge in [0.05, 0.1) is 12.3 Å². The lowest BCUT2D eigenvalue weighted by atomic mass is 10.1. The molecule has 4 heteroatoms. The highest BCUT2D eigenvalue weighted by molar-refractivity contribution is 5.92. The van der Waals surface area contributed by atoms with E-state index in [4.69, 9.17) is 9.72 Å². The molecule has 0 atom stereocenters. The highest BCUT2D eigenvalue weighted by Gasteiger charge is 2.30. The van der Waals surface area contributed by atoms with E-state index in [-0.39, 0.29) is 0 Å². The first-order valence-corrected chi connectivity index (χ1v) is 7.62. The summed E-state index contributed by atoms with van der Waals surface area (Å²) in [6.07, 6.45) is 2.52. The normalized spacial score (nSPS) is 14.6. The summed E-state index contributed by atoms with van der Waals surface area (Å²) in [6, 6.07) is 11.3. The number of anilines is 1. The van der Waals surface area contributed by atoms with Gasteiger partial charge in [0.2, 0.25) is 0 Å². The third-order valence-corrected chi connectivity index (χ3v) is 3.93. The number of aromatic nitrogens is 1. The van der Waals surface area contributed by atoms with Gasteiger partial charge in [-0.3, -0.25) is 0 Å². The Morgan fingerprint density at radius 2 is 2.14 bits per heavy atom. The van der Waals surface area contributed by atoms with Crippen LogP contribution in [0.15, 0.2) is 30.3 Å². The number of hydrogen-bond donors (Lipinski definition) is 1. The van der Waals surface area contributed by atoms with Crippen molar-refractivity contribution in [2.45, 2.75) is 25.4 Å². The molecule has 0 spiro atoms. The summed E-state index contributed by atoms with van der Waals surface area (Å²) in [7, 11) is 3.72. The van der Waals surface area contributed by atoms with Crippen LogP contribution in [0.25, 0.3) is 10.8 Å². The lowest BCUT2D eigenvalue weighted by Crippen LogP contribution is -2.30. The van der Waals surface area contributed by atoms with E-state index >= 15 is 0 Å². The van der Waals surface area contributed by atoms with E-state index in [2.05, 4.69) is 40.5 Å². The fraction of sp³-hybridized carbons (Fsp3) is 0.471. The molecular weight excluding hydrogens is 262 g/mol. The van der Waals surface area contributed by atoms with Crippen LogP contribution in [0, 0.1) is 0 Å². The third kappa shape index (κ3) is 3.17. The fourth-order valence-electron chi connectivity index (χ4n) is 2.76. The molecule has 1 aliphatic rings. The fourth-order valence-corrected chi connectivity index (χ4v) is 2.76. The summed E-state index contributed by atoms with van der Waals surface area (Å²) in [6.45, 7) is 2.44. The van der Waals surface area contributed by atoms with Crippen LogP contribution < -0.4 is 10.2 Å². The average Bonchev–Trinajstić information content (AvgIpc) is 3.33. The number of rotatable bonds is 7. The van der Waals surface area contributed by atoms with E-state index in [9.17, 15) is 0 Å². The van der Waals surface area contributed by atoms with Gasteiger partial charge < -0.3 is 15.0 Å². The van der Waals surface area contributed by atoms with E-state index in [1.54, 1.807) is 7.11 Å². The van der Waals surface area contributed by atoms with E-state index in [1.807, 2.05) is 7.05 Å². The highest BCUT2D eigenvalue weighted by Crippen LogP contribution is 2.34. The summed E-state index contributed by atoms with van der Waals surface area (Å²) < 4.78 is 5.28. The molecule has 1 heterocycles. The van der Waals surface area contributed by atoms with Crippen LogP contribution >= 0.6 is 0 Å². The maximum Gasteiger partial charge on any atom is 0.137 e. The van der Waals surface area contributed by atoms with Gasteiger partial charge in [0.1, 0.15) is 5.82 Å². The number of methoxy groups -OCH3 is 1. The van der Waals surface area contributed by atoms with Crippen LogP contribution in [0.1, 0.15) is 18.5 Å². The monoisotopic (exact) mass is 285 g/mol. The number of nitrogens with one attached hydrogen (secondary N) is 1. The van der Waals surface area contributed by atoms with Crippen LogP contribution in [-0.2, 0) is 11.3 Å². The molecule has 0 unspecified atom stereocenters. The topological polar surface area (TPSA) is 37.4 Å². The Bertz CT molecular complexity index is 610. The standard InChI is InChI=1S/C17H23N3O/c1-18-12-14-11-13-5-3-4-6-16(13)17(19-14)20(9-10-21-2)15-7-8-15/h3-6,11,15,18H,7-10,12H2,1-2H3. The number of hydrogen-bond acceptors (Lipinski definition) is 4.